The van der Waals surface area contributed by atoms with Crippen LogP contribution in [0, 0.1) is 10.1 Å². The minimum Gasteiger partial charge on any atom is -0.448 e. The molecule has 0 aliphatic heterocycles. The number of ether oxygens (including phenoxy) is 1. The fourth-order valence-electron chi connectivity index (χ4n) is 1.97. The number of nitrogens with zero attached hydrogens (tertiary/aromatic N) is 3. The van der Waals surface area contributed by atoms with Crippen LogP contribution < -0.4 is 0 Å². The number of nitro groups is 1. The van der Waals surface area contributed by atoms with Crippen LogP contribution in [0.5, 0.6) is 0 Å². The molecule has 0 saturated carbocycles. The van der Waals surface area contributed by atoms with Crippen molar-refractivity contribution in [2.75, 3.05) is 0 Å². The molecule has 0 aliphatic rings. The molecule has 3 aromatic rings. The van der Waals surface area contributed by atoms with E-state index in [2.05, 4.69) is 15.2 Å². The highest BCUT2D eigenvalue weighted by atomic mass is 16.6. The van der Waals surface area contributed by atoms with Crippen molar-refractivity contribution in [3.05, 3.63) is 64.3 Å². The van der Waals surface area contributed by atoms with E-state index in [1.54, 1.807) is 25.3 Å². The molecule has 1 aromatic carbocycles. The second-order valence-electron chi connectivity index (χ2n) is 4.88. The van der Waals surface area contributed by atoms with Crippen LogP contribution in [0.4, 0.5) is 5.69 Å². The predicted molar refractivity (Wildman–Crippen MR) is 81.0 cm³/mol. The van der Waals surface area contributed by atoms with Crippen LogP contribution in [0.3, 0.4) is 0 Å². The van der Waals surface area contributed by atoms with Gasteiger partial charge < -0.3 is 14.1 Å². The number of nitro benzene ring substituents is 1. The lowest BCUT2D eigenvalue weighted by atomic mass is 10.2. The molecule has 0 unspecified atom stereocenters. The van der Waals surface area contributed by atoms with Gasteiger partial charge in [0, 0.05) is 23.9 Å². The maximum atomic E-state index is 11.9. The van der Waals surface area contributed by atoms with Crippen molar-refractivity contribution in [2.24, 2.45) is 0 Å². The number of carbonyl (C=O) groups excluding carboxylic acids is 1. The molecular weight excluding hydrogens is 316 g/mol. The number of H-pyrrole nitrogens is 1. The topological polar surface area (TPSA) is 124 Å². The molecular formula is C15H12N4O5. The highest BCUT2D eigenvalue weighted by Crippen LogP contribution is 2.24. The first-order valence-electron chi connectivity index (χ1n) is 6.97. The molecule has 0 radical (unpaired) electrons. The fraction of sp³-hybridized carbons (Fsp3) is 0.133. The summed E-state index contributed by atoms with van der Waals surface area (Å²) in [5, 5.41) is 18.4. The van der Waals surface area contributed by atoms with Gasteiger partial charge in [0.25, 0.3) is 11.6 Å². The van der Waals surface area contributed by atoms with Gasteiger partial charge in [-0.15, -0.1) is 10.2 Å². The number of esters is 1. The first-order chi connectivity index (χ1) is 11.5. The Balaban J connectivity index is 1.72. The van der Waals surface area contributed by atoms with Crippen LogP contribution >= 0.6 is 0 Å². The van der Waals surface area contributed by atoms with Crippen LogP contribution in [-0.2, 0) is 4.74 Å². The Morgan fingerprint density at radius 1 is 1.29 bits per heavy atom. The van der Waals surface area contributed by atoms with Gasteiger partial charge in [-0.25, -0.2) is 4.79 Å². The number of rotatable bonds is 5. The lowest BCUT2D eigenvalue weighted by Gasteiger charge is -2.07. The van der Waals surface area contributed by atoms with E-state index in [4.69, 9.17) is 9.15 Å². The molecule has 1 atom stereocenters. The summed E-state index contributed by atoms with van der Waals surface area (Å²) in [4.78, 5) is 24.8. The number of aromatic nitrogens is 3. The Bertz CT molecular complexity index is 854. The van der Waals surface area contributed by atoms with E-state index in [1.165, 1.54) is 24.3 Å². The Labute approximate surface area is 135 Å². The quantitative estimate of drug-likeness (QED) is 0.433. The van der Waals surface area contributed by atoms with Gasteiger partial charge in [0.05, 0.1) is 4.92 Å². The van der Waals surface area contributed by atoms with Crippen LogP contribution in [0.1, 0.15) is 29.4 Å². The van der Waals surface area contributed by atoms with Crippen LogP contribution in [0.25, 0.3) is 11.5 Å². The van der Waals surface area contributed by atoms with Crippen LogP contribution in [0.2, 0.25) is 0 Å². The maximum Gasteiger partial charge on any atom is 0.355 e. The molecule has 24 heavy (non-hydrogen) atoms. The molecule has 0 aliphatic carbocycles. The summed E-state index contributed by atoms with van der Waals surface area (Å²) in [5.74, 6) is -0.228. The number of hydrogen-bond acceptors (Lipinski definition) is 7. The largest absolute Gasteiger partial charge is 0.448 e. The second kappa shape index (κ2) is 6.32. The van der Waals surface area contributed by atoms with Gasteiger partial charge in [0.15, 0.2) is 6.10 Å². The Hall–Kier alpha value is -3.49. The van der Waals surface area contributed by atoms with E-state index >= 15 is 0 Å². The molecule has 1 N–H and O–H groups in total. The van der Waals surface area contributed by atoms with Crippen LogP contribution in [0.15, 0.2) is 47.0 Å². The molecule has 0 bridgehead atoms. The number of benzene rings is 1. The summed E-state index contributed by atoms with van der Waals surface area (Å²) in [6, 6.07) is 8.96. The van der Waals surface area contributed by atoms with Gasteiger partial charge in [-0.2, -0.15) is 0 Å². The molecule has 9 heteroatoms. The molecule has 9 nitrogen and oxygen atoms in total. The summed E-state index contributed by atoms with van der Waals surface area (Å²) in [5.41, 5.74) is 0.811. The predicted octanol–water partition coefficient (Wildman–Crippen LogP) is 2.89. The number of hydrogen-bond donors (Lipinski definition) is 1. The zero-order chi connectivity index (χ0) is 17.1. The van der Waals surface area contributed by atoms with Gasteiger partial charge in [0.2, 0.25) is 5.89 Å². The highest BCUT2D eigenvalue weighted by molar-refractivity contribution is 5.87. The van der Waals surface area contributed by atoms with Crippen molar-refractivity contribution in [2.45, 2.75) is 13.0 Å². The summed E-state index contributed by atoms with van der Waals surface area (Å²) in [6.45, 7) is 1.61. The van der Waals surface area contributed by atoms with Gasteiger partial charge in [-0.1, -0.05) is 0 Å². The molecule has 0 spiro atoms. The standard InChI is InChI=1S/C15H12N4O5/c1-9(23-15(20)12-3-2-8-16-12)13-17-18-14(24-13)10-4-6-11(7-5-10)19(21)22/h2-9,16H,1H3/t9-/m0/s1. The maximum absolute atomic E-state index is 11.9. The summed E-state index contributed by atoms with van der Waals surface area (Å²) >= 11 is 0. The third-order valence-electron chi connectivity index (χ3n) is 3.22. The Morgan fingerprint density at radius 2 is 2.04 bits per heavy atom. The second-order valence-corrected chi connectivity index (χ2v) is 4.88. The van der Waals surface area contributed by atoms with Gasteiger partial charge >= 0.3 is 5.97 Å². The van der Waals surface area contributed by atoms with E-state index in [-0.39, 0.29) is 17.5 Å². The Kier molecular flexibility index (Phi) is 4.06. The number of carbonyl (C=O) groups is 1. The smallest absolute Gasteiger partial charge is 0.355 e. The number of non-ortho nitro benzene ring substituents is 1. The zero-order valence-electron chi connectivity index (χ0n) is 12.5. The lowest BCUT2D eigenvalue weighted by molar-refractivity contribution is -0.384. The lowest BCUT2D eigenvalue weighted by Crippen LogP contribution is -2.09. The Morgan fingerprint density at radius 3 is 2.67 bits per heavy atom. The van der Waals surface area contributed by atoms with Gasteiger partial charge in [-0.05, 0) is 31.2 Å². The van der Waals surface area contributed by atoms with E-state index in [1.807, 2.05) is 0 Å². The first kappa shape index (κ1) is 15.4. The van der Waals surface area contributed by atoms with E-state index in [0.717, 1.165) is 0 Å². The van der Waals surface area contributed by atoms with E-state index < -0.39 is 17.0 Å². The van der Waals surface area contributed by atoms with Crippen molar-refractivity contribution in [3.8, 4) is 11.5 Å². The number of aromatic amines is 1. The third kappa shape index (κ3) is 3.14. The fourth-order valence-corrected chi connectivity index (χ4v) is 1.97. The van der Waals surface area contributed by atoms with Gasteiger partial charge in [-0.3, -0.25) is 10.1 Å². The summed E-state index contributed by atoms with van der Waals surface area (Å²) in [6.07, 6.45) is 0.876. The monoisotopic (exact) mass is 328 g/mol. The van der Waals surface area contributed by atoms with Crippen molar-refractivity contribution in [3.63, 3.8) is 0 Å². The molecule has 122 valence electrons. The molecule has 2 aromatic heterocycles. The molecule has 3 rings (SSSR count). The minimum absolute atomic E-state index is 0.0354. The van der Waals surface area contributed by atoms with Crippen molar-refractivity contribution in [1.82, 2.24) is 15.2 Å². The van der Waals surface area contributed by atoms with Crippen molar-refractivity contribution >= 4 is 11.7 Å². The van der Waals surface area contributed by atoms with Crippen molar-refractivity contribution in [1.29, 1.82) is 0 Å². The minimum atomic E-state index is -0.736. The van der Waals surface area contributed by atoms with Gasteiger partial charge in [0.1, 0.15) is 5.69 Å². The third-order valence-corrected chi connectivity index (χ3v) is 3.22. The van der Waals surface area contributed by atoms with E-state index in [9.17, 15) is 14.9 Å². The zero-order valence-corrected chi connectivity index (χ0v) is 12.5. The molecule has 0 saturated heterocycles. The average molecular weight is 328 g/mol. The average Bonchev–Trinajstić information content (AvgIpc) is 3.26. The van der Waals surface area contributed by atoms with Crippen molar-refractivity contribution < 1.29 is 18.9 Å². The molecule has 2 heterocycles. The van der Waals surface area contributed by atoms with E-state index in [0.29, 0.717) is 11.3 Å². The highest BCUT2D eigenvalue weighted by Gasteiger charge is 2.20. The normalized spacial score (nSPS) is 11.9. The number of nitrogens with one attached hydrogen (secondary N) is 1. The first-order valence-corrected chi connectivity index (χ1v) is 6.97. The van der Waals surface area contributed by atoms with Crippen LogP contribution in [-0.4, -0.2) is 26.1 Å². The summed E-state index contributed by atoms with van der Waals surface area (Å²) < 4.78 is 10.7. The molecule has 0 fully saturated rings. The SMILES string of the molecule is C[C@H](OC(=O)c1ccc[nH]1)c1nnc(-c2ccc([N+](=O)[O-])cc2)o1. The summed E-state index contributed by atoms with van der Waals surface area (Å²) in [7, 11) is 0. The molecule has 0 amide bonds.